The van der Waals surface area contributed by atoms with Crippen molar-refractivity contribution in [3.63, 3.8) is 0 Å². The van der Waals surface area contributed by atoms with E-state index in [0.29, 0.717) is 0 Å². The van der Waals surface area contributed by atoms with Crippen molar-refractivity contribution in [3.8, 4) is 5.75 Å². The molecule has 0 radical (unpaired) electrons. The van der Waals surface area contributed by atoms with Crippen LogP contribution in [0.3, 0.4) is 0 Å². The first kappa shape index (κ1) is 21.6. The van der Waals surface area contributed by atoms with Gasteiger partial charge in [0.2, 0.25) is 0 Å². The number of ether oxygens (including phenoxy) is 1. The zero-order valence-corrected chi connectivity index (χ0v) is 17.4. The van der Waals surface area contributed by atoms with Crippen molar-refractivity contribution in [2.24, 2.45) is 0 Å². The molecule has 0 bridgehead atoms. The number of nitrogens with one attached hydrogen (secondary N) is 2. The maximum atomic E-state index is 13.0. The molecule has 0 spiro atoms. The van der Waals surface area contributed by atoms with Crippen molar-refractivity contribution < 1.29 is 21.9 Å². The second-order valence-electron chi connectivity index (χ2n) is 6.51. The van der Waals surface area contributed by atoms with E-state index < -0.39 is 16.6 Å². The van der Waals surface area contributed by atoms with Crippen LogP contribution in [-0.4, -0.2) is 41.2 Å². The average Bonchev–Trinajstić information content (AvgIpc) is 2.69. The monoisotopic (exact) mass is 445 g/mol. The van der Waals surface area contributed by atoms with E-state index in [2.05, 4.69) is 19.7 Å². The number of aryl methyl sites for hydroxylation is 1. The minimum absolute atomic E-state index is 0.0335. The molecule has 158 valence electrons. The van der Waals surface area contributed by atoms with Crippen molar-refractivity contribution >= 4 is 33.0 Å². The lowest BCUT2D eigenvalue weighted by atomic mass is 10.1. The molecule has 1 aliphatic rings. The van der Waals surface area contributed by atoms with Crippen molar-refractivity contribution in [1.82, 2.24) is 5.32 Å². The van der Waals surface area contributed by atoms with Gasteiger partial charge in [0.1, 0.15) is 5.75 Å². The minimum Gasteiger partial charge on any atom is -0.433 e. The third-order valence-corrected chi connectivity index (χ3v) is 6.21. The van der Waals surface area contributed by atoms with Gasteiger partial charge in [-0.05, 0) is 42.3 Å². The van der Waals surface area contributed by atoms with Crippen molar-refractivity contribution in [2.75, 3.05) is 35.8 Å². The molecule has 0 aromatic heterocycles. The molecule has 0 aliphatic carbocycles. The molecule has 29 heavy (non-hydrogen) atoms. The molecular formula is C19H22ClF2N3O3S. The highest BCUT2D eigenvalue weighted by Gasteiger charge is 2.22. The SMILES string of the molecule is CCc1ccc(S(=O)(=O)Nc2cc(Cl)ccc2OC(F)F)cc1N1CCNCC1. The molecule has 3 rings (SSSR count). The Kier molecular flexibility index (Phi) is 6.81. The summed E-state index contributed by atoms with van der Waals surface area (Å²) in [4.78, 5) is 2.17. The fraction of sp³-hybridized carbons (Fsp3) is 0.368. The highest BCUT2D eigenvalue weighted by Crippen LogP contribution is 2.32. The summed E-state index contributed by atoms with van der Waals surface area (Å²) in [5.41, 5.74) is 1.74. The average molecular weight is 446 g/mol. The number of benzene rings is 2. The van der Waals surface area contributed by atoms with Crippen LogP contribution in [-0.2, 0) is 16.4 Å². The van der Waals surface area contributed by atoms with Gasteiger partial charge in [-0.2, -0.15) is 8.78 Å². The van der Waals surface area contributed by atoms with Gasteiger partial charge in [0.25, 0.3) is 10.0 Å². The summed E-state index contributed by atoms with van der Waals surface area (Å²) in [7, 11) is -4.05. The second-order valence-corrected chi connectivity index (χ2v) is 8.62. The summed E-state index contributed by atoms with van der Waals surface area (Å²) in [6.45, 7) is 2.08. The molecule has 6 nitrogen and oxygen atoms in total. The predicted molar refractivity (Wildman–Crippen MR) is 110 cm³/mol. The third-order valence-electron chi connectivity index (χ3n) is 4.61. The molecule has 0 unspecified atom stereocenters. The number of rotatable bonds is 7. The van der Waals surface area contributed by atoms with Crippen LogP contribution in [0.1, 0.15) is 12.5 Å². The predicted octanol–water partition coefficient (Wildman–Crippen LogP) is 3.71. The van der Waals surface area contributed by atoms with Crippen LogP contribution < -0.4 is 19.7 Å². The zero-order valence-electron chi connectivity index (χ0n) is 15.8. The van der Waals surface area contributed by atoms with Crippen molar-refractivity contribution in [2.45, 2.75) is 24.9 Å². The summed E-state index contributed by atoms with van der Waals surface area (Å²) in [5.74, 6) is -0.305. The first-order chi connectivity index (χ1) is 13.8. The van der Waals surface area contributed by atoms with Gasteiger partial charge in [-0.3, -0.25) is 4.72 Å². The Bertz CT molecular complexity index is 967. The first-order valence-corrected chi connectivity index (χ1v) is 11.0. The second kappa shape index (κ2) is 9.15. The Labute approximate surface area is 173 Å². The van der Waals surface area contributed by atoms with Crippen LogP contribution in [0.5, 0.6) is 5.75 Å². The molecule has 1 saturated heterocycles. The van der Waals surface area contributed by atoms with Crippen LogP contribution in [0.15, 0.2) is 41.3 Å². The van der Waals surface area contributed by atoms with Crippen LogP contribution in [0.25, 0.3) is 0 Å². The summed E-state index contributed by atoms with van der Waals surface area (Å²) >= 11 is 5.90. The van der Waals surface area contributed by atoms with E-state index in [1.54, 1.807) is 12.1 Å². The van der Waals surface area contributed by atoms with Gasteiger partial charge in [-0.1, -0.05) is 24.6 Å². The Balaban J connectivity index is 1.95. The zero-order chi connectivity index (χ0) is 21.0. The molecule has 0 saturated carbocycles. The van der Waals surface area contributed by atoms with Crippen molar-refractivity contribution in [3.05, 3.63) is 47.0 Å². The number of halogens is 3. The molecule has 2 aromatic carbocycles. The van der Waals surface area contributed by atoms with Gasteiger partial charge in [-0.25, -0.2) is 8.42 Å². The smallest absolute Gasteiger partial charge is 0.387 e. The van der Waals surface area contributed by atoms with E-state index in [0.717, 1.165) is 43.9 Å². The Morgan fingerprint density at radius 1 is 1.21 bits per heavy atom. The Hall–Kier alpha value is -2.10. The van der Waals surface area contributed by atoms with Gasteiger partial charge in [0.15, 0.2) is 0 Å². The fourth-order valence-corrected chi connectivity index (χ4v) is 4.45. The van der Waals surface area contributed by atoms with E-state index >= 15 is 0 Å². The maximum absolute atomic E-state index is 13.0. The number of anilines is 2. The van der Waals surface area contributed by atoms with Crippen LogP contribution in [0, 0.1) is 0 Å². The molecule has 1 aliphatic heterocycles. The number of hydrogen-bond donors (Lipinski definition) is 2. The largest absolute Gasteiger partial charge is 0.433 e. The first-order valence-electron chi connectivity index (χ1n) is 9.16. The maximum Gasteiger partial charge on any atom is 0.387 e. The highest BCUT2D eigenvalue weighted by molar-refractivity contribution is 7.92. The number of alkyl halides is 2. The highest BCUT2D eigenvalue weighted by atomic mass is 35.5. The molecule has 0 atom stereocenters. The topological polar surface area (TPSA) is 70.7 Å². The van der Waals surface area contributed by atoms with Crippen LogP contribution in [0.4, 0.5) is 20.2 Å². The summed E-state index contributed by atoms with van der Waals surface area (Å²) in [6.07, 6.45) is 0.758. The van der Waals surface area contributed by atoms with Crippen molar-refractivity contribution in [1.29, 1.82) is 0 Å². The number of nitrogens with zero attached hydrogens (tertiary/aromatic N) is 1. The van der Waals surface area contributed by atoms with Gasteiger partial charge in [-0.15, -0.1) is 0 Å². The number of sulfonamides is 1. The Morgan fingerprint density at radius 2 is 1.93 bits per heavy atom. The van der Waals surface area contributed by atoms with Gasteiger partial charge >= 0.3 is 6.61 Å². The third kappa shape index (κ3) is 5.29. The van der Waals surface area contributed by atoms with E-state index in [1.807, 2.05) is 6.92 Å². The molecule has 1 heterocycles. The minimum atomic E-state index is -4.05. The fourth-order valence-electron chi connectivity index (χ4n) is 3.19. The lowest BCUT2D eigenvalue weighted by Gasteiger charge is -2.31. The van der Waals surface area contributed by atoms with E-state index in [-0.39, 0.29) is 21.4 Å². The normalized spacial score (nSPS) is 14.9. The van der Waals surface area contributed by atoms with Gasteiger partial charge in [0, 0.05) is 36.9 Å². The number of hydrogen-bond acceptors (Lipinski definition) is 5. The summed E-state index contributed by atoms with van der Waals surface area (Å²) in [6, 6.07) is 8.67. The van der Waals surface area contributed by atoms with E-state index in [4.69, 9.17) is 11.6 Å². The van der Waals surface area contributed by atoms with Crippen LogP contribution in [0.2, 0.25) is 5.02 Å². The molecule has 2 N–H and O–H groups in total. The quantitative estimate of drug-likeness (QED) is 0.679. The standard InChI is InChI=1S/C19H22ClF2N3O3S/c1-2-13-3-5-15(12-17(13)25-9-7-23-8-10-25)29(26,27)24-16-11-14(20)4-6-18(16)28-19(21)22/h3-6,11-12,19,23-24H,2,7-10H2,1H3. The van der Waals surface area contributed by atoms with E-state index in [9.17, 15) is 17.2 Å². The molecule has 10 heteroatoms. The van der Waals surface area contributed by atoms with Gasteiger partial charge in [0.05, 0.1) is 10.6 Å². The van der Waals surface area contributed by atoms with Crippen LogP contribution >= 0.6 is 11.6 Å². The summed E-state index contributed by atoms with van der Waals surface area (Å²) < 4.78 is 57.9. The molecular weight excluding hydrogens is 424 g/mol. The molecule has 1 fully saturated rings. The van der Waals surface area contributed by atoms with E-state index in [1.165, 1.54) is 24.3 Å². The van der Waals surface area contributed by atoms with Gasteiger partial charge < -0.3 is 15.0 Å². The number of piperazine rings is 1. The summed E-state index contributed by atoms with van der Waals surface area (Å²) in [5, 5.41) is 3.45. The molecule has 2 aromatic rings. The Morgan fingerprint density at radius 3 is 2.59 bits per heavy atom. The molecule has 0 amide bonds. The lowest BCUT2D eigenvalue weighted by molar-refractivity contribution is -0.0493. The lowest BCUT2D eigenvalue weighted by Crippen LogP contribution is -2.44.